The summed E-state index contributed by atoms with van der Waals surface area (Å²) in [7, 11) is 0. The monoisotopic (exact) mass is 902 g/mol. The predicted octanol–water partition coefficient (Wildman–Crippen LogP) is 7.22. The van der Waals surface area contributed by atoms with Gasteiger partial charge in [0.2, 0.25) is 0 Å². The first-order valence-corrected chi connectivity index (χ1v) is 21.2. The van der Waals surface area contributed by atoms with Gasteiger partial charge >= 0.3 is 11.8 Å². The van der Waals surface area contributed by atoms with Crippen molar-refractivity contribution in [2.24, 2.45) is 0 Å². The second-order valence-corrected chi connectivity index (χ2v) is 16.8. The summed E-state index contributed by atoms with van der Waals surface area (Å²) in [6, 6.07) is 26.2. The predicted molar refractivity (Wildman–Crippen MR) is 233 cm³/mol. The smallest absolute Gasteiger partial charge is 0.407 e. The summed E-state index contributed by atoms with van der Waals surface area (Å²) in [5, 5.41) is 12.9. The van der Waals surface area contributed by atoms with E-state index >= 15 is 0 Å². The Kier molecular flexibility index (Phi) is 11.3. The zero-order valence-electron chi connectivity index (χ0n) is 33.3. The first kappa shape index (κ1) is 40.9. The number of hydrogen-bond acceptors (Lipinski definition) is 7. The minimum absolute atomic E-state index is 0.0329. The lowest BCUT2D eigenvalue weighted by Gasteiger charge is -2.40. The van der Waals surface area contributed by atoms with Gasteiger partial charge in [-0.2, -0.15) is 0 Å². The van der Waals surface area contributed by atoms with Crippen molar-refractivity contribution in [1.29, 1.82) is 0 Å². The standard InChI is InChI=1S/C46H41BrF2N8O5/c47-39-20-29(24-53-17-18-55(46(61)62)36(26-53)19-28-5-2-1-3-6-28)9-15-37(39)30-7-4-8-35(21-30)56-42-38(22-32(49)23-50-42)44(59)57(45(56)60)34-13-11-33(12-14-34)51-43(58)40-27-54-25-31(48)10-16-41(54)52-40/h1-10,15-16,20-23,25,27,33-34,36H,11-14,17-19,24,26H2,(H,51,58)(H,61,62)/t33-,34+,36?. The molecule has 1 atom stereocenters. The van der Waals surface area contributed by atoms with E-state index in [-0.39, 0.29) is 28.8 Å². The molecule has 0 bridgehead atoms. The van der Waals surface area contributed by atoms with Crippen LogP contribution in [0.15, 0.2) is 124 Å². The summed E-state index contributed by atoms with van der Waals surface area (Å²) < 4.78 is 33.2. The molecule has 1 aliphatic heterocycles. The van der Waals surface area contributed by atoms with Gasteiger partial charge in [-0.15, -0.1) is 0 Å². The number of imidazole rings is 1. The van der Waals surface area contributed by atoms with Crippen molar-refractivity contribution in [3.63, 3.8) is 0 Å². The van der Waals surface area contributed by atoms with Crippen LogP contribution in [0.25, 0.3) is 33.5 Å². The van der Waals surface area contributed by atoms with E-state index in [0.717, 1.165) is 39.0 Å². The molecule has 1 aliphatic carbocycles. The quantitative estimate of drug-likeness (QED) is 0.155. The van der Waals surface area contributed by atoms with Gasteiger partial charge in [-0.05, 0) is 90.8 Å². The second kappa shape index (κ2) is 17.1. The number of benzene rings is 3. The Morgan fingerprint density at radius 3 is 2.44 bits per heavy atom. The molecule has 9 rings (SSSR count). The number of amides is 2. The number of piperazine rings is 1. The number of nitrogens with zero attached hydrogens (tertiary/aromatic N) is 7. The molecule has 16 heteroatoms. The number of aromatic nitrogens is 5. The van der Waals surface area contributed by atoms with Gasteiger partial charge in [0.15, 0.2) is 5.65 Å². The summed E-state index contributed by atoms with van der Waals surface area (Å²) in [5.74, 6) is -1.57. The van der Waals surface area contributed by atoms with Crippen molar-refractivity contribution in [2.45, 2.75) is 56.8 Å². The number of pyridine rings is 2. The second-order valence-electron chi connectivity index (χ2n) is 16.0. The lowest BCUT2D eigenvalue weighted by Crippen LogP contribution is -2.55. The molecule has 1 saturated carbocycles. The molecule has 5 heterocycles. The maximum atomic E-state index is 14.7. The Labute approximate surface area is 362 Å². The SMILES string of the molecule is O=C(N[C@H]1CC[C@@H](n2c(=O)c3cc(F)cnc3n(-c3cccc(-c4ccc(CN5CCN(C(=O)O)C(Cc6ccccc6)C5)cc4Br)c3)c2=O)CC1)c1cn2cc(F)ccc2n1. The Bertz CT molecular complexity index is 2970. The van der Waals surface area contributed by atoms with Crippen LogP contribution in [-0.4, -0.2) is 82.1 Å². The highest BCUT2D eigenvalue weighted by molar-refractivity contribution is 9.10. The summed E-state index contributed by atoms with van der Waals surface area (Å²) in [6.07, 6.45) is 5.13. The van der Waals surface area contributed by atoms with Crippen molar-refractivity contribution in [2.75, 3.05) is 19.6 Å². The van der Waals surface area contributed by atoms with Crippen LogP contribution in [0.2, 0.25) is 0 Å². The number of fused-ring (bicyclic) bond motifs is 2. The van der Waals surface area contributed by atoms with E-state index in [1.165, 1.54) is 43.0 Å². The molecule has 0 spiro atoms. The van der Waals surface area contributed by atoms with Gasteiger partial charge in [0, 0.05) is 55.1 Å². The summed E-state index contributed by atoms with van der Waals surface area (Å²) in [4.78, 5) is 66.0. The fourth-order valence-electron chi connectivity index (χ4n) is 8.89. The number of hydrogen-bond donors (Lipinski definition) is 2. The molecule has 0 radical (unpaired) electrons. The highest BCUT2D eigenvalue weighted by Crippen LogP contribution is 2.32. The number of carbonyl (C=O) groups excluding carboxylic acids is 1. The number of halogens is 3. The van der Waals surface area contributed by atoms with Crippen LogP contribution < -0.4 is 16.6 Å². The maximum absolute atomic E-state index is 14.7. The lowest BCUT2D eigenvalue weighted by atomic mass is 9.90. The fourth-order valence-corrected chi connectivity index (χ4v) is 9.54. The van der Waals surface area contributed by atoms with E-state index in [9.17, 15) is 33.1 Å². The maximum Gasteiger partial charge on any atom is 0.407 e. The third-order valence-electron chi connectivity index (χ3n) is 11.9. The molecule has 4 aromatic heterocycles. The van der Waals surface area contributed by atoms with Gasteiger partial charge in [0.05, 0.1) is 23.3 Å². The number of carbonyl (C=O) groups is 2. The zero-order chi connectivity index (χ0) is 43.1. The third-order valence-corrected chi connectivity index (χ3v) is 12.6. The molecule has 3 aromatic carbocycles. The third kappa shape index (κ3) is 8.27. The lowest BCUT2D eigenvalue weighted by molar-refractivity contribution is 0.0645. The molecule has 2 N–H and O–H groups in total. The Morgan fingerprint density at radius 1 is 0.855 bits per heavy atom. The number of carboxylic acid groups (broad SMARTS) is 1. The zero-order valence-corrected chi connectivity index (χ0v) is 34.9. The van der Waals surface area contributed by atoms with Crippen LogP contribution in [0.1, 0.15) is 53.3 Å². The van der Waals surface area contributed by atoms with Gasteiger partial charge in [-0.1, -0.05) is 70.5 Å². The molecule has 62 heavy (non-hydrogen) atoms. The first-order valence-electron chi connectivity index (χ1n) is 20.4. The summed E-state index contributed by atoms with van der Waals surface area (Å²) in [6.45, 7) is 2.24. The average molecular weight is 904 g/mol. The van der Waals surface area contributed by atoms with Crippen LogP contribution >= 0.6 is 15.9 Å². The van der Waals surface area contributed by atoms with E-state index in [0.29, 0.717) is 69.6 Å². The molecule has 316 valence electrons. The Balaban J connectivity index is 0.945. The fraction of sp³-hybridized carbons (Fsp3) is 0.261. The van der Waals surface area contributed by atoms with Gasteiger partial charge in [0.25, 0.3) is 11.5 Å². The summed E-state index contributed by atoms with van der Waals surface area (Å²) in [5.41, 5.74) is 3.58. The van der Waals surface area contributed by atoms with Crippen LogP contribution in [0.3, 0.4) is 0 Å². The first-order chi connectivity index (χ1) is 30.0. The van der Waals surface area contributed by atoms with E-state index in [4.69, 9.17) is 0 Å². The Hall–Kier alpha value is -6.52. The molecular weight excluding hydrogens is 862 g/mol. The topological polar surface area (TPSA) is 147 Å². The Morgan fingerprint density at radius 2 is 1.66 bits per heavy atom. The highest BCUT2D eigenvalue weighted by Gasteiger charge is 2.31. The normalized spacial score (nSPS) is 18.3. The molecule has 2 fully saturated rings. The number of nitrogens with one attached hydrogen (secondary N) is 1. The largest absolute Gasteiger partial charge is 0.465 e. The summed E-state index contributed by atoms with van der Waals surface area (Å²) >= 11 is 3.78. The van der Waals surface area contributed by atoms with Crippen molar-refractivity contribution < 1.29 is 23.5 Å². The van der Waals surface area contributed by atoms with E-state index in [1.807, 2.05) is 66.7 Å². The van der Waals surface area contributed by atoms with Crippen LogP contribution in [0, 0.1) is 11.6 Å². The van der Waals surface area contributed by atoms with Crippen LogP contribution in [-0.2, 0) is 13.0 Å². The average Bonchev–Trinajstić information content (AvgIpc) is 3.69. The molecule has 1 unspecified atom stereocenters. The molecule has 1 saturated heterocycles. The van der Waals surface area contributed by atoms with Crippen LogP contribution in [0.4, 0.5) is 13.6 Å². The van der Waals surface area contributed by atoms with Crippen molar-refractivity contribution in [3.8, 4) is 16.8 Å². The highest BCUT2D eigenvalue weighted by atomic mass is 79.9. The molecule has 2 aliphatic rings. The van der Waals surface area contributed by atoms with Gasteiger partial charge < -0.3 is 19.7 Å². The van der Waals surface area contributed by atoms with Crippen LogP contribution in [0.5, 0.6) is 0 Å². The molecule has 13 nitrogen and oxygen atoms in total. The van der Waals surface area contributed by atoms with Gasteiger partial charge in [0.1, 0.15) is 23.0 Å². The van der Waals surface area contributed by atoms with Gasteiger partial charge in [-0.3, -0.25) is 19.1 Å². The van der Waals surface area contributed by atoms with E-state index in [1.54, 1.807) is 6.07 Å². The molecular formula is C46H41BrF2N8O5. The molecule has 2 amide bonds. The molecule has 7 aromatic rings. The van der Waals surface area contributed by atoms with Crippen molar-refractivity contribution in [3.05, 3.63) is 163 Å². The van der Waals surface area contributed by atoms with Gasteiger partial charge in [-0.25, -0.2) is 32.9 Å². The minimum Gasteiger partial charge on any atom is -0.465 e. The number of rotatable bonds is 9. The van der Waals surface area contributed by atoms with Crippen molar-refractivity contribution in [1.82, 2.24) is 38.6 Å². The van der Waals surface area contributed by atoms with E-state index in [2.05, 4.69) is 36.1 Å². The van der Waals surface area contributed by atoms with E-state index < -0.39 is 40.9 Å². The van der Waals surface area contributed by atoms with Crippen molar-refractivity contribution >= 4 is 44.6 Å². The minimum atomic E-state index is -0.913.